The number of para-hydroxylation sites is 1. The van der Waals surface area contributed by atoms with Crippen LogP contribution in [0.1, 0.15) is 16.1 Å². The molecule has 1 fully saturated rings. The maximum Gasteiger partial charge on any atom is 0.293 e. The number of pyridine rings is 2. The Morgan fingerprint density at radius 1 is 1.07 bits per heavy atom. The van der Waals surface area contributed by atoms with Gasteiger partial charge in [-0.3, -0.25) is 9.78 Å². The molecule has 1 aliphatic heterocycles. The summed E-state index contributed by atoms with van der Waals surface area (Å²) >= 11 is 0. The molecule has 140 valence electrons. The lowest BCUT2D eigenvalue weighted by molar-refractivity contribution is 0.0726. The highest BCUT2D eigenvalue weighted by molar-refractivity contribution is 6.02. The zero-order valence-electron chi connectivity index (χ0n) is 15.0. The van der Waals surface area contributed by atoms with E-state index in [0.29, 0.717) is 24.0 Å². The number of rotatable bonds is 3. The van der Waals surface area contributed by atoms with E-state index in [1.54, 1.807) is 29.4 Å². The summed E-state index contributed by atoms with van der Waals surface area (Å²) in [5.41, 5.74) is 2.46. The summed E-state index contributed by atoms with van der Waals surface area (Å²) in [7, 11) is 0. The third-order valence-electron chi connectivity index (χ3n) is 5.36. The molecule has 2 atom stereocenters. The number of hydrogen-bond acceptors (Lipinski definition) is 6. The van der Waals surface area contributed by atoms with E-state index in [1.807, 2.05) is 30.3 Å². The number of carbonyl (C=O) groups is 1. The van der Waals surface area contributed by atoms with Crippen molar-refractivity contribution in [2.45, 2.75) is 12.5 Å². The standard InChI is InChI=1S/C21H18N4O3/c26-18-12-25(21(27)19-16-5-3-8-23-20(16)24-28-19)11-14(18)10-13-7-9-22-17-6-2-1-4-15(13)17/h1-9,14,18,26H,10-12H2/t14-,18-/m1/s1. The van der Waals surface area contributed by atoms with Gasteiger partial charge in [0.1, 0.15) is 0 Å². The largest absolute Gasteiger partial charge is 0.391 e. The molecule has 7 nitrogen and oxygen atoms in total. The maximum atomic E-state index is 12.9. The summed E-state index contributed by atoms with van der Waals surface area (Å²) in [6.07, 6.45) is 3.47. The topological polar surface area (TPSA) is 92.4 Å². The van der Waals surface area contributed by atoms with Crippen molar-refractivity contribution in [2.75, 3.05) is 13.1 Å². The van der Waals surface area contributed by atoms with Crippen LogP contribution in [-0.4, -0.2) is 50.2 Å². The molecular formula is C21H18N4O3. The van der Waals surface area contributed by atoms with E-state index in [9.17, 15) is 9.90 Å². The molecule has 0 saturated carbocycles. The Balaban J connectivity index is 1.38. The minimum Gasteiger partial charge on any atom is -0.391 e. The molecule has 1 saturated heterocycles. The van der Waals surface area contributed by atoms with Crippen LogP contribution in [0.25, 0.3) is 21.9 Å². The zero-order valence-corrected chi connectivity index (χ0v) is 15.0. The molecule has 7 heteroatoms. The van der Waals surface area contributed by atoms with Crippen LogP contribution < -0.4 is 0 Å². The van der Waals surface area contributed by atoms with Crippen LogP contribution in [0, 0.1) is 5.92 Å². The molecular weight excluding hydrogens is 356 g/mol. The van der Waals surface area contributed by atoms with Gasteiger partial charge >= 0.3 is 0 Å². The van der Waals surface area contributed by atoms with E-state index < -0.39 is 6.10 Å². The number of fused-ring (bicyclic) bond motifs is 2. The van der Waals surface area contributed by atoms with Gasteiger partial charge < -0.3 is 14.5 Å². The first-order chi connectivity index (χ1) is 13.7. The number of aliphatic hydroxyl groups excluding tert-OH is 1. The zero-order chi connectivity index (χ0) is 19.1. The fourth-order valence-electron chi connectivity index (χ4n) is 3.92. The van der Waals surface area contributed by atoms with Crippen LogP contribution in [0.3, 0.4) is 0 Å². The number of carbonyl (C=O) groups excluding carboxylic acids is 1. The molecule has 4 aromatic rings. The van der Waals surface area contributed by atoms with Crippen molar-refractivity contribution in [1.29, 1.82) is 0 Å². The van der Waals surface area contributed by atoms with Gasteiger partial charge in [0, 0.05) is 36.8 Å². The summed E-state index contributed by atoms with van der Waals surface area (Å²) in [4.78, 5) is 23.0. The van der Waals surface area contributed by atoms with Crippen LogP contribution in [0.5, 0.6) is 0 Å². The van der Waals surface area contributed by atoms with Crippen molar-refractivity contribution in [3.8, 4) is 0 Å². The predicted octanol–water partition coefficient (Wildman–Crippen LogP) is 2.45. The second-order valence-electron chi connectivity index (χ2n) is 7.12. The first-order valence-electron chi connectivity index (χ1n) is 9.21. The summed E-state index contributed by atoms with van der Waals surface area (Å²) in [6.45, 7) is 0.730. The molecule has 3 aromatic heterocycles. The smallest absolute Gasteiger partial charge is 0.293 e. The van der Waals surface area contributed by atoms with Crippen molar-refractivity contribution in [1.82, 2.24) is 20.0 Å². The first kappa shape index (κ1) is 16.8. The minimum absolute atomic E-state index is 0.0536. The Kier molecular flexibility index (Phi) is 4.02. The van der Waals surface area contributed by atoms with E-state index in [0.717, 1.165) is 16.5 Å². The van der Waals surface area contributed by atoms with Crippen molar-refractivity contribution in [3.05, 3.63) is 66.2 Å². The van der Waals surface area contributed by atoms with Gasteiger partial charge in [0.15, 0.2) is 0 Å². The maximum absolute atomic E-state index is 12.9. The van der Waals surface area contributed by atoms with Gasteiger partial charge in [-0.25, -0.2) is 4.98 Å². The number of nitrogens with zero attached hydrogens (tertiary/aromatic N) is 4. The third-order valence-corrected chi connectivity index (χ3v) is 5.36. The summed E-state index contributed by atoms with van der Waals surface area (Å²) < 4.78 is 5.24. The molecule has 0 radical (unpaired) electrons. The summed E-state index contributed by atoms with van der Waals surface area (Å²) in [5.74, 6) is -0.149. The summed E-state index contributed by atoms with van der Waals surface area (Å²) in [6, 6.07) is 13.4. The van der Waals surface area contributed by atoms with E-state index in [2.05, 4.69) is 15.1 Å². The lowest BCUT2D eigenvalue weighted by atomic mass is 9.94. The Morgan fingerprint density at radius 3 is 2.86 bits per heavy atom. The van der Waals surface area contributed by atoms with Crippen LogP contribution in [0.2, 0.25) is 0 Å². The number of benzene rings is 1. The monoisotopic (exact) mass is 374 g/mol. The highest BCUT2D eigenvalue weighted by Gasteiger charge is 2.36. The second kappa shape index (κ2) is 6.69. The van der Waals surface area contributed by atoms with Crippen molar-refractivity contribution >= 4 is 27.8 Å². The molecule has 1 amide bonds. The van der Waals surface area contributed by atoms with Gasteiger partial charge in [0.25, 0.3) is 5.91 Å². The second-order valence-corrected chi connectivity index (χ2v) is 7.12. The fourth-order valence-corrected chi connectivity index (χ4v) is 3.92. The number of likely N-dealkylation sites (tertiary alicyclic amines) is 1. The Hall–Kier alpha value is -3.32. The Labute approximate surface area is 160 Å². The molecule has 0 spiro atoms. The molecule has 28 heavy (non-hydrogen) atoms. The van der Waals surface area contributed by atoms with Gasteiger partial charge in [-0.1, -0.05) is 23.4 Å². The highest BCUT2D eigenvalue weighted by Crippen LogP contribution is 2.27. The van der Waals surface area contributed by atoms with Crippen molar-refractivity contribution in [2.24, 2.45) is 5.92 Å². The van der Waals surface area contributed by atoms with Gasteiger partial charge in [-0.2, -0.15) is 0 Å². The van der Waals surface area contributed by atoms with E-state index in [1.165, 1.54) is 0 Å². The van der Waals surface area contributed by atoms with E-state index in [-0.39, 0.29) is 24.1 Å². The van der Waals surface area contributed by atoms with Gasteiger partial charge in [-0.15, -0.1) is 0 Å². The Bertz CT molecular complexity index is 1170. The highest BCUT2D eigenvalue weighted by atomic mass is 16.5. The molecule has 5 rings (SSSR count). The number of amides is 1. The normalized spacial score (nSPS) is 19.5. The Morgan fingerprint density at radius 2 is 1.93 bits per heavy atom. The van der Waals surface area contributed by atoms with Crippen molar-refractivity contribution < 1.29 is 14.4 Å². The lowest BCUT2D eigenvalue weighted by Crippen LogP contribution is -2.29. The van der Waals surface area contributed by atoms with Crippen molar-refractivity contribution in [3.63, 3.8) is 0 Å². The predicted molar refractivity (Wildman–Crippen MR) is 103 cm³/mol. The van der Waals surface area contributed by atoms with Crippen LogP contribution in [0.4, 0.5) is 0 Å². The molecule has 0 bridgehead atoms. The lowest BCUT2D eigenvalue weighted by Gasteiger charge is -2.15. The SMILES string of the molecule is O=C(c1onc2ncccc12)N1C[C@@H](Cc2ccnc3ccccc23)[C@H](O)C1. The van der Waals surface area contributed by atoms with Crippen LogP contribution in [0.15, 0.2) is 59.4 Å². The third kappa shape index (κ3) is 2.80. The molecule has 1 aromatic carbocycles. The number of aliphatic hydroxyl groups is 1. The van der Waals surface area contributed by atoms with E-state index >= 15 is 0 Å². The van der Waals surface area contributed by atoms with Gasteiger partial charge in [0.05, 0.1) is 17.0 Å². The van der Waals surface area contributed by atoms with Gasteiger partial charge in [0.2, 0.25) is 11.4 Å². The molecule has 4 heterocycles. The molecule has 1 aliphatic rings. The quantitative estimate of drug-likeness (QED) is 0.592. The number of hydrogen-bond donors (Lipinski definition) is 1. The molecule has 1 N–H and O–H groups in total. The van der Waals surface area contributed by atoms with Gasteiger partial charge in [-0.05, 0) is 36.2 Å². The number of β-amino-alcohol motifs (C(OH)–C–C–N with tert-alkyl or cyclic N) is 1. The number of aromatic nitrogens is 3. The van der Waals surface area contributed by atoms with Crippen LogP contribution >= 0.6 is 0 Å². The average Bonchev–Trinajstić information content (AvgIpc) is 3.32. The van der Waals surface area contributed by atoms with Crippen LogP contribution in [-0.2, 0) is 6.42 Å². The minimum atomic E-state index is -0.594. The summed E-state index contributed by atoms with van der Waals surface area (Å²) in [5, 5.41) is 16.1. The molecule has 0 aliphatic carbocycles. The molecule has 0 unspecified atom stereocenters. The first-order valence-corrected chi connectivity index (χ1v) is 9.21. The average molecular weight is 374 g/mol. The fraction of sp³-hybridized carbons (Fsp3) is 0.238. The van der Waals surface area contributed by atoms with E-state index in [4.69, 9.17) is 4.52 Å².